The van der Waals surface area contributed by atoms with Crippen LogP contribution in [-0.4, -0.2) is 22.5 Å². The molecular weight excluding hydrogens is 198 g/mol. The van der Waals surface area contributed by atoms with E-state index in [1.807, 2.05) is 6.07 Å². The molecule has 0 aliphatic rings. The fraction of sp³-hybridized carbons (Fsp3) is 0.333. The van der Waals surface area contributed by atoms with Crippen molar-refractivity contribution in [3.63, 3.8) is 0 Å². The Morgan fingerprint density at radius 1 is 1.64 bits per heavy atom. The summed E-state index contributed by atoms with van der Waals surface area (Å²) < 4.78 is 0. The van der Waals surface area contributed by atoms with Crippen molar-refractivity contribution in [2.75, 3.05) is 18.1 Å². The zero-order valence-corrected chi connectivity index (χ0v) is 8.42. The van der Waals surface area contributed by atoms with Crippen LogP contribution in [0, 0.1) is 11.3 Å². The molecule has 0 atom stereocenters. The van der Waals surface area contributed by atoms with Crippen molar-refractivity contribution in [1.82, 2.24) is 4.98 Å². The molecule has 0 bridgehead atoms. The summed E-state index contributed by atoms with van der Waals surface area (Å²) in [6, 6.07) is 3.58. The number of nitriles is 1. The van der Waals surface area contributed by atoms with E-state index in [0.29, 0.717) is 17.7 Å². The Bertz CT molecular complexity index is 348. The van der Waals surface area contributed by atoms with Crippen LogP contribution in [0.2, 0.25) is 0 Å². The van der Waals surface area contributed by atoms with Gasteiger partial charge in [0.15, 0.2) is 0 Å². The minimum atomic E-state index is 0.170. The van der Waals surface area contributed by atoms with E-state index >= 15 is 0 Å². The van der Waals surface area contributed by atoms with Gasteiger partial charge in [-0.25, -0.2) is 4.98 Å². The van der Waals surface area contributed by atoms with Crippen LogP contribution >= 0.6 is 11.8 Å². The van der Waals surface area contributed by atoms with Crippen LogP contribution in [0.4, 0.5) is 5.69 Å². The van der Waals surface area contributed by atoms with Crippen molar-refractivity contribution in [2.45, 2.75) is 11.4 Å². The lowest BCUT2D eigenvalue weighted by Gasteiger charge is -2.03. The van der Waals surface area contributed by atoms with Gasteiger partial charge in [0.05, 0.1) is 11.3 Å². The van der Waals surface area contributed by atoms with E-state index in [1.165, 1.54) is 18.0 Å². The molecule has 0 aliphatic heterocycles. The summed E-state index contributed by atoms with van der Waals surface area (Å²) in [5.41, 5.74) is 6.67. The highest BCUT2D eigenvalue weighted by molar-refractivity contribution is 7.99. The molecule has 0 saturated carbocycles. The number of nitrogens with two attached hydrogens (primary N) is 1. The van der Waals surface area contributed by atoms with E-state index < -0.39 is 0 Å². The molecule has 74 valence electrons. The maximum atomic E-state index is 8.59. The van der Waals surface area contributed by atoms with Gasteiger partial charge in [-0.3, -0.25) is 0 Å². The minimum Gasteiger partial charge on any atom is -0.397 e. The second kappa shape index (κ2) is 5.47. The van der Waals surface area contributed by atoms with E-state index in [2.05, 4.69) is 4.98 Å². The lowest BCUT2D eigenvalue weighted by molar-refractivity contribution is 0.296. The van der Waals surface area contributed by atoms with Crippen LogP contribution < -0.4 is 5.73 Å². The summed E-state index contributed by atoms with van der Waals surface area (Å²) in [6.07, 6.45) is 2.21. The molecule has 0 aromatic carbocycles. The molecule has 14 heavy (non-hydrogen) atoms. The average Bonchev–Trinajstić information content (AvgIpc) is 2.20. The fourth-order valence-electron chi connectivity index (χ4n) is 0.884. The maximum absolute atomic E-state index is 8.59. The largest absolute Gasteiger partial charge is 0.397 e. The van der Waals surface area contributed by atoms with Gasteiger partial charge in [0, 0.05) is 18.6 Å². The first kappa shape index (κ1) is 10.8. The highest BCUT2D eigenvalue weighted by atomic mass is 32.2. The number of pyridine rings is 1. The number of aliphatic hydroxyl groups is 1. The highest BCUT2D eigenvalue weighted by Gasteiger charge is 2.02. The molecule has 0 saturated heterocycles. The van der Waals surface area contributed by atoms with E-state index in [-0.39, 0.29) is 6.61 Å². The first-order valence-corrected chi connectivity index (χ1v) is 5.15. The van der Waals surface area contributed by atoms with Crippen LogP contribution in [0.3, 0.4) is 0 Å². The monoisotopic (exact) mass is 209 g/mol. The number of anilines is 1. The number of rotatable bonds is 4. The van der Waals surface area contributed by atoms with Crippen molar-refractivity contribution in [1.29, 1.82) is 5.26 Å². The molecule has 0 amide bonds. The van der Waals surface area contributed by atoms with Crippen molar-refractivity contribution in [3.8, 4) is 6.07 Å². The second-order valence-electron chi connectivity index (χ2n) is 2.66. The number of nitrogen functional groups attached to an aromatic ring is 1. The Morgan fingerprint density at radius 3 is 3.00 bits per heavy atom. The number of nitrogens with zero attached hydrogens (tertiary/aromatic N) is 2. The van der Waals surface area contributed by atoms with E-state index in [9.17, 15) is 0 Å². The molecule has 0 unspecified atom stereocenters. The normalized spacial score (nSPS) is 9.71. The molecule has 0 fully saturated rings. The number of aromatic nitrogens is 1. The molecule has 1 aromatic heterocycles. The molecule has 4 nitrogen and oxygen atoms in total. The summed E-state index contributed by atoms with van der Waals surface area (Å²) >= 11 is 1.49. The van der Waals surface area contributed by atoms with Crippen LogP contribution in [0.5, 0.6) is 0 Å². The first-order chi connectivity index (χ1) is 6.77. The zero-order valence-electron chi connectivity index (χ0n) is 7.60. The topological polar surface area (TPSA) is 82.9 Å². The lowest BCUT2D eigenvalue weighted by atomic mass is 10.3. The van der Waals surface area contributed by atoms with Crippen LogP contribution in [0.25, 0.3) is 0 Å². The van der Waals surface area contributed by atoms with E-state index in [1.54, 1.807) is 6.07 Å². The summed E-state index contributed by atoms with van der Waals surface area (Å²) in [7, 11) is 0. The molecule has 5 heteroatoms. The van der Waals surface area contributed by atoms with E-state index in [4.69, 9.17) is 16.1 Å². The van der Waals surface area contributed by atoms with Gasteiger partial charge in [-0.15, -0.1) is 11.8 Å². The predicted octanol–water partition coefficient (Wildman–Crippen LogP) is 1.01. The smallest absolute Gasteiger partial charge is 0.119 e. The van der Waals surface area contributed by atoms with Gasteiger partial charge in [-0.2, -0.15) is 5.26 Å². The molecule has 1 rings (SSSR count). The molecular formula is C9H11N3OS. The van der Waals surface area contributed by atoms with Gasteiger partial charge in [0.1, 0.15) is 11.1 Å². The molecule has 1 aromatic rings. The van der Waals surface area contributed by atoms with Gasteiger partial charge in [0.2, 0.25) is 0 Å². The highest BCUT2D eigenvalue weighted by Crippen LogP contribution is 2.23. The molecule has 0 spiro atoms. The summed E-state index contributed by atoms with van der Waals surface area (Å²) in [5.74, 6) is 0.777. The summed E-state index contributed by atoms with van der Waals surface area (Å²) in [5, 5.41) is 17.9. The Morgan fingerprint density at radius 2 is 2.43 bits per heavy atom. The van der Waals surface area contributed by atoms with Crippen molar-refractivity contribution >= 4 is 17.4 Å². The minimum absolute atomic E-state index is 0.170. The zero-order chi connectivity index (χ0) is 10.4. The summed E-state index contributed by atoms with van der Waals surface area (Å²) in [4.78, 5) is 4.05. The summed E-state index contributed by atoms with van der Waals surface area (Å²) in [6.45, 7) is 0.170. The van der Waals surface area contributed by atoms with Crippen LogP contribution in [-0.2, 0) is 0 Å². The Hall–Kier alpha value is -1.25. The predicted molar refractivity (Wildman–Crippen MR) is 55.8 cm³/mol. The standard InChI is InChI=1S/C9H11N3OS/c10-5-7-4-8(11)9(12-6-7)14-3-1-2-13/h4,6,13H,1-3,11H2. The Kier molecular flexibility index (Phi) is 4.23. The molecule has 0 aliphatic carbocycles. The quantitative estimate of drug-likeness (QED) is 0.571. The maximum Gasteiger partial charge on any atom is 0.119 e. The van der Waals surface area contributed by atoms with Gasteiger partial charge >= 0.3 is 0 Å². The van der Waals surface area contributed by atoms with Crippen LogP contribution in [0.15, 0.2) is 17.3 Å². The number of hydrogen-bond donors (Lipinski definition) is 2. The first-order valence-electron chi connectivity index (χ1n) is 4.17. The van der Waals surface area contributed by atoms with E-state index in [0.717, 1.165) is 10.8 Å². The van der Waals surface area contributed by atoms with Gasteiger partial charge < -0.3 is 10.8 Å². The van der Waals surface area contributed by atoms with Gasteiger partial charge in [-0.1, -0.05) is 0 Å². The molecule has 0 radical (unpaired) electrons. The van der Waals surface area contributed by atoms with Gasteiger partial charge in [-0.05, 0) is 12.5 Å². The number of thioether (sulfide) groups is 1. The average molecular weight is 209 g/mol. The molecule has 1 heterocycles. The Balaban J connectivity index is 2.65. The molecule has 3 N–H and O–H groups in total. The number of aliphatic hydroxyl groups excluding tert-OH is 1. The Labute approximate surface area is 86.8 Å². The van der Waals surface area contributed by atoms with Crippen molar-refractivity contribution in [3.05, 3.63) is 17.8 Å². The van der Waals surface area contributed by atoms with Crippen molar-refractivity contribution in [2.24, 2.45) is 0 Å². The second-order valence-corrected chi connectivity index (χ2v) is 3.74. The third-order valence-corrected chi connectivity index (χ3v) is 2.66. The third-order valence-electron chi connectivity index (χ3n) is 1.55. The van der Waals surface area contributed by atoms with Crippen LogP contribution in [0.1, 0.15) is 12.0 Å². The third kappa shape index (κ3) is 2.91. The van der Waals surface area contributed by atoms with Crippen molar-refractivity contribution < 1.29 is 5.11 Å². The number of hydrogen-bond acceptors (Lipinski definition) is 5. The van der Waals surface area contributed by atoms with Gasteiger partial charge in [0.25, 0.3) is 0 Å². The SMILES string of the molecule is N#Cc1cnc(SCCCO)c(N)c1. The fourth-order valence-corrected chi connectivity index (χ4v) is 1.70. The lowest BCUT2D eigenvalue weighted by Crippen LogP contribution is -1.94.